The first-order chi connectivity index (χ1) is 14.5. The summed E-state index contributed by atoms with van der Waals surface area (Å²) in [6, 6.07) is 9.61. The Bertz CT molecular complexity index is 988. The van der Waals surface area contributed by atoms with Crippen LogP contribution in [-0.4, -0.2) is 48.5 Å². The summed E-state index contributed by atoms with van der Waals surface area (Å²) >= 11 is 0. The largest absolute Gasteiger partial charge is 0.493 e. The molecular weight excluding hydrogens is 394 g/mol. The fourth-order valence-corrected chi connectivity index (χ4v) is 3.49. The molecule has 30 heavy (non-hydrogen) atoms. The number of carbonyl (C=O) groups is 4. The van der Waals surface area contributed by atoms with E-state index < -0.39 is 42.5 Å². The second-order valence-corrected chi connectivity index (χ2v) is 6.84. The maximum atomic E-state index is 13.1. The number of esters is 1. The summed E-state index contributed by atoms with van der Waals surface area (Å²) in [5, 5.41) is 5.22. The maximum Gasteiger partial charge on any atom is 0.326 e. The Kier molecular flexibility index (Phi) is 5.13. The van der Waals surface area contributed by atoms with Gasteiger partial charge in [0, 0.05) is 12.0 Å². The molecule has 1 atom stereocenters. The van der Waals surface area contributed by atoms with E-state index in [0.717, 1.165) is 4.90 Å². The third kappa shape index (κ3) is 3.59. The van der Waals surface area contributed by atoms with Crippen LogP contribution in [0.5, 0.6) is 5.75 Å². The highest BCUT2D eigenvalue weighted by Gasteiger charge is 2.55. The Balaban J connectivity index is 1.35. The first-order valence-corrected chi connectivity index (χ1v) is 9.31. The topological polar surface area (TPSA) is 127 Å². The van der Waals surface area contributed by atoms with Crippen molar-refractivity contribution in [1.29, 1.82) is 0 Å². The highest BCUT2D eigenvalue weighted by atomic mass is 16.5. The molecule has 1 saturated heterocycles. The van der Waals surface area contributed by atoms with Crippen molar-refractivity contribution in [3.05, 3.63) is 54.0 Å². The summed E-state index contributed by atoms with van der Waals surface area (Å²) < 4.78 is 15.5. The number of para-hydroxylation sites is 1. The van der Waals surface area contributed by atoms with E-state index >= 15 is 0 Å². The average Bonchev–Trinajstić information content (AvgIpc) is 3.34. The number of nitrogens with zero attached hydrogens (tertiary/aromatic N) is 1. The minimum absolute atomic E-state index is 0.153. The third-order valence-corrected chi connectivity index (χ3v) is 4.95. The van der Waals surface area contributed by atoms with Crippen molar-refractivity contribution in [1.82, 2.24) is 15.5 Å². The predicted octanol–water partition coefficient (Wildman–Crippen LogP) is 0.669. The number of amides is 4. The van der Waals surface area contributed by atoms with Crippen molar-refractivity contribution < 1.29 is 33.1 Å². The first-order valence-electron chi connectivity index (χ1n) is 9.31. The van der Waals surface area contributed by atoms with Crippen molar-refractivity contribution >= 4 is 23.8 Å². The molecule has 1 spiro atoms. The quantitative estimate of drug-likeness (QED) is 0.526. The molecule has 0 saturated carbocycles. The van der Waals surface area contributed by atoms with E-state index in [1.165, 1.54) is 6.26 Å². The molecule has 2 aromatic rings. The Morgan fingerprint density at radius 2 is 2.03 bits per heavy atom. The zero-order valence-electron chi connectivity index (χ0n) is 15.9. The second-order valence-electron chi connectivity index (χ2n) is 6.84. The number of imide groups is 1. The van der Waals surface area contributed by atoms with Crippen LogP contribution in [0.2, 0.25) is 0 Å². The van der Waals surface area contributed by atoms with Gasteiger partial charge in [-0.05, 0) is 18.2 Å². The summed E-state index contributed by atoms with van der Waals surface area (Å²) in [5.41, 5.74) is -0.727. The maximum absolute atomic E-state index is 13.1. The molecule has 4 rings (SSSR count). The van der Waals surface area contributed by atoms with Crippen molar-refractivity contribution in [2.45, 2.75) is 18.5 Å². The summed E-state index contributed by atoms with van der Waals surface area (Å²) in [7, 11) is 0. The number of hydrogen-bond donors (Lipinski definition) is 2. The van der Waals surface area contributed by atoms with Crippen molar-refractivity contribution in [3.63, 3.8) is 0 Å². The van der Waals surface area contributed by atoms with Gasteiger partial charge in [0.2, 0.25) is 0 Å². The summed E-state index contributed by atoms with van der Waals surface area (Å²) in [5.74, 6) is -0.899. The van der Waals surface area contributed by atoms with Crippen LogP contribution in [0.4, 0.5) is 4.79 Å². The Hall–Kier alpha value is -3.82. The lowest BCUT2D eigenvalue weighted by Crippen LogP contribution is -2.47. The lowest BCUT2D eigenvalue weighted by Gasteiger charge is -2.33. The van der Waals surface area contributed by atoms with Crippen molar-refractivity contribution in [3.8, 4) is 5.75 Å². The highest BCUT2D eigenvalue weighted by Crippen LogP contribution is 2.40. The number of nitrogens with one attached hydrogen (secondary N) is 2. The molecule has 156 valence electrons. The second kappa shape index (κ2) is 7.90. The molecule has 1 aromatic heterocycles. The standard InChI is InChI=1S/C20H19N3O7/c24-16(21-10-13-4-3-8-28-13)12-30-17(25)11-23-18(26)20(22-19(23)27)7-9-29-15-6-2-1-5-14(15)20/h1-6,8H,7,9-12H2,(H,21,24)(H,22,27)/t20-/m1/s1. The third-order valence-electron chi connectivity index (χ3n) is 4.95. The zero-order valence-corrected chi connectivity index (χ0v) is 15.9. The molecule has 2 aliphatic rings. The minimum Gasteiger partial charge on any atom is -0.493 e. The summed E-state index contributed by atoms with van der Waals surface area (Å²) in [4.78, 5) is 50.2. The van der Waals surface area contributed by atoms with Crippen molar-refractivity contribution in [2.24, 2.45) is 0 Å². The van der Waals surface area contributed by atoms with Gasteiger partial charge in [0.05, 0.1) is 19.4 Å². The number of carbonyl (C=O) groups excluding carboxylic acids is 4. The van der Waals surface area contributed by atoms with Crippen LogP contribution in [0, 0.1) is 0 Å². The van der Waals surface area contributed by atoms with Gasteiger partial charge in [-0.2, -0.15) is 0 Å². The van der Waals surface area contributed by atoms with E-state index in [9.17, 15) is 19.2 Å². The number of furan rings is 1. The molecule has 0 bridgehead atoms. The molecule has 2 aliphatic heterocycles. The minimum atomic E-state index is -1.27. The predicted molar refractivity (Wildman–Crippen MR) is 100.0 cm³/mol. The number of urea groups is 1. The molecule has 0 aliphatic carbocycles. The number of fused-ring (bicyclic) bond motifs is 2. The van der Waals surface area contributed by atoms with E-state index in [-0.39, 0.29) is 19.6 Å². The highest BCUT2D eigenvalue weighted by molar-refractivity contribution is 6.09. The molecule has 0 radical (unpaired) electrons. The van der Waals surface area contributed by atoms with Gasteiger partial charge >= 0.3 is 12.0 Å². The van der Waals surface area contributed by atoms with Gasteiger partial charge in [-0.15, -0.1) is 0 Å². The molecule has 1 aromatic carbocycles. The molecule has 3 heterocycles. The van der Waals surface area contributed by atoms with Crippen LogP contribution < -0.4 is 15.4 Å². The Morgan fingerprint density at radius 1 is 1.20 bits per heavy atom. The van der Waals surface area contributed by atoms with Crippen LogP contribution in [0.15, 0.2) is 47.1 Å². The average molecular weight is 413 g/mol. The SMILES string of the molecule is O=C(COC(=O)CN1C(=O)N[C@@]2(CCOc3ccccc32)C1=O)NCc1ccco1. The van der Waals surface area contributed by atoms with E-state index in [1.807, 2.05) is 0 Å². The number of ether oxygens (including phenoxy) is 2. The monoisotopic (exact) mass is 413 g/mol. The molecule has 1 fully saturated rings. The molecule has 10 nitrogen and oxygen atoms in total. The number of hydrogen-bond acceptors (Lipinski definition) is 7. The molecule has 10 heteroatoms. The van der Waals surface area contributed by atoms with Gasteiger partial charge in [0.15, 0.2) is 12.1 Å². The molecule has 0 unspecified atom stereocenters. The van der Waals surface area contributed by atoms with Gasteiger partial charge in [0.1, 0.15) is 18.1 Å². The molecule has 2 N–H and O–H groups in total. The number of benzene rings is 1. The van der Waals surface area contributed by atoms with Crippen LogP contribution in [-0.2, 0) is 31.2 Å². The van der Waals surface area contributed by atoms with Gasteiger partial charge in [-0.25, -0.2) is 4.79 Å². The van der Waals surface area contributed by atoms with E-state index in [4.69, 9.17) is 13.9 Å². The van der Waals surface area contributed by atoms with Crippen LogP contribution >= 0.6 is 0 Å². The van der Waals surface area contributed by atoms with Crippen molar-refractivity contribution in [2.75, 3.05) is 19.8 Å². The van der Waals surface area contributed by atoms with Crippen LogP contribution in [0.3, 0.4) is 0 Å². The fourth-order valence-electron chi connectivity index (χ4n) is 3.49. The van der Waals surface area contributed by atoms with Gasteiger partial charge < -0.3 is 24.5 Å². The molecular formula is C20H19N3O7. The van der Waals surface area contributed by atoms with Gasteiger partial charge in [0.25, 0.3) is 11.8 Å². The lowest BCUT2D eigenvalue weighted by atomic mass is 9.84. The van der Waals surface area contributed by atoms with Gasteiger partial charge in [-0.1, -0.05) is 18.2 Å². The van der Waals surface area contributed by atoms with Gasteiger partial charge in [-0.3, -0.25) is 19.3 Å². The normalized spacial score (nSPS) is 19.8. The number of rotatable bonds is 6. The van der Waals surface area contributed by atoms with Crippen LogP contribution in [0.25, 0.3) is 0 Å². The zero-order chi connectivity index (χ0) is 21.1. The summed E-state index contributed by atoms with van der Waals surface area (Å²) in [6.45, 7) is -0.733. The lowest BCUT2D eigenvalue weighted by molar-refractivity contribution is -0.151. The van der Waals surface area contributed by atoms with E-state index in [0.29, 0.717) is 17.1 Å². The Morgan fingerprint density at radius 3 is 2.83 bits per heavy atom. The van der Waals surface area contributed by atoms with E-state index in [1.54, 1.807) is 36.4 Å². The Labute approximate surface area is 171 Å². The first kappa shape index (κ1) is 19.5. The van der Waals surface area contributed by atoms with Crippen LogP contribution in [0.1, 0.15) is 17.7 Å². The summed E-state index contributed by atoms with van der Waals surface area (Å²) in [6.07, 6.45) is 1.72. The fraction of sp³-hybridized carbons (Fsp3) is 0.300. The molecule has 4 amide bonds. The smallest absolute Gasteiger partial charge is 0.326 e. The van der Waals surface area contributed by atoms with E-state index in [2.05, 4.69) is 10.6 Å².